The molecule has 2 aromatic carbocycles. The Hall–Kier alpha value is -3.94. The van der Waals surface area contributed by atoms with Crippen LogP contribution in [0.2, 0.25) is 0 Å². The second-order valence-electron chi connectivity index (χ2n) is 5.62. The summed E-state index contributed by atoms with van der Waals surface area (Å²) in [6, 6.07) is 8.24. The van der Waals surface area contributed by atoms with E-state index in [1.165, 1.54) is 54.6 Å². The zero-order chi connectivity index (χ0) is 20.5. The van der Waals surface area contributed by atoms with Crippen molar-refractivity contribution in [3.05, 3.63) is 59.7 Å². The van der Waals surface area contributed by atoms with Gasteiger partial charge in [0.25, 0.3) is 0 Å². The van der Waals surface area contributed by atoms with Crippen LogP contribution in [0.5, 0.6) is 23.0 Å². The van der Waals surface area contributed by atoms with Crippen molar-refractivity contribution in [1.29, 1.82) is 0 Å². The van der Waals surface area contributed by atoms with Crippen LogP contribution in [-0.4, -0.2) is 45.5 Å². The second kappa shape index (κ2) is 9.67. The first kappa shape index (κ1) is 20.4. The molecule has 0 unspecified atom stereocenters. The van der Waals surface area contributed by atoms with Crippen molar-refractivity contribution in [1.82, 2.24) is 5.32 Å². The number of esters is 1. The fourth-order valence-electron chi connectivity index (χ4n) is 2.06. The maximum Gasteiger partial charge on any atom is 0.330 e. The van der Waals surface area contributed by atoms with Crippen LogP contribution in [0, 0.1) is 0 Å². The molecule has 0 saturated carbocycles. The number of phenols is 4. The second-order valence-corrected chi connectivity index (χ2v) is 5.62. The van der Waals surface area contributed by atoms with Crippen molar-refractivity contribution >= 4 is 24.0 Å². The van der Waals surface area contributed by atoms with Crippen LogP contribution in [-0.2, 0) is 14.3 Å². The first-order chi connectivity index (χ1) is 13.3. The number of ether oxygens (including phenoxy) is 1. The maximum absolute atomic E-state index is 11.7. The fraction of sp³-hybridized carbons (Fsp3) is 0.100. The van der Waals surface area contributed by atoms with E-state index in [1.54, 1.807) is 0 Å². The predicted molar refractivity (Wildman–Crippen MR) is 102 cm³/mol. The van der Waals surface area contributed by atoms with Gasteiger partial charge in [-0.2, -0.15) is 0 Å². The van der Waals surface area contributed by atoms with Gasteiger partial charge in [0, 0.05) is 12.2 Å². The number of amides is 1. The normalized spacial score (nSPS) is 11.0. The highest BCUT2D eigenvalue weighted by Crippen LogP contribution is 2.26. The van der Waals surface area contributed by atoms with E-state index < -0.39 is 11.9 Å². The Morgan fingerprint density at radius 3 is 1.89 bits per heavy atom. The lowest BCUT2D eigenvalue weighted by Crippen LogP contribution is -2.26. The zero-order valence-electron chi connectivity index (χ0n) is 14.7. The number of hydrogen-bond donors (Lipinski definition) is 5. The number of phenolic OH excluding ortho intramolecular Hbond substituents is 4. The minimum absolute atomic E-state index is 0.0381. The van der Waals surface area contributed by atoms with Crippen molar-refractivity contribution in [2.75, 3.05) is 13.2 Å². The van der Waals surface area contributed by atoms with Gasteiger partial charge in [0.05, 0.1) is 6.54 Å². The zero-order valence-corrected chi connectivity index (χ0v) is 14.7. The molecule has 2 rings (SSSR count). The SMILES string of the molecule is O=C(/C=C/c1ccc(O)c(O)c1)NCCOC(=O)/C=C/c1ccc(O)c(O)c1. The molecular formula is C20H19NO7. The van der Waals surface area contributed by atoms with Gasteiger partial charge in [0.15, 0.2) is 23.0 Å². The van der Waals surface area contributed by atoms with E-state index in [4.69, 9.17) is 4.74 Å². The van der Waals surface area contributed by atoms with Crippen molar-refractivity contribution < 1.29 is 34.8 Å². The van der Waals surface area contributed by atoms with E-state index >= 15 is 0 Å². The third kappa shape index (κ3) is 6.41. The van der Waals surface area contributed by atoms with Gasteiger partial charge >= 0.3 is 5.97 Å². The number of carbonyl (C=O) groups excluding carboxylic acids is 2. The maximum atomic E-state index is 11.7. The van der Waals surface area contributed by atoms with Gasteiger partial charge in [-0.05, 0) is 47.5 Å². The Bertz CT molecular complexity index is 843. The van der Waals surface area contributed by atoms with Crippen molar-refractivity contribution in [3.8, 4) is 23.0 Å². The fourth-order valence-corrected chi connectivity index (χ4v) is 2.06. The lowest BCUT2D eigenvalue weighted by molar-refractivity contribution is -0.137. The van der Waals surface area contributed by atoms with Crippen LogP contribution in [0.25, 0.3) is 12.2 Å². The van der Waals surface area contributed by atoms with Crippen LogP contribution < -0.4 is 5.32 Å². The van der Waals surface area contributed by atoms with E-state index in [0.29, 0.717) is 11.1 Å². The molecule has 0 aliphatic heterocycles. The number of rotatable bonds is 7. The standard InChI is InChI=1S/C20H19NO7/c22-15-5-1-13(11-17(15)24)3-7-19(26)21-9-10-28-20(27)8-4-14-2-6-16(23)18(25)12-14/h1-8,11-12,22-25H,9-10H2,(H,21,26)/b7-3+,8-4+. The molecule has 0 aromatic heterocycles. The summed E-state index contributed by atoms with van der Waals surface area (Å²) in [5, 5.41) is 39.7. The Morgan fingerprint density at radius 1 is 0.821 bits per heavy atom. The molecule has 8 heteroatoms. The Labute approximate surface area is 160 Å². The summed E-state index contributed by atoms with van der Waals surface area (Å²) in [5.74, 6) is -2.14. The molecule has 1 amide bonds. The van der Waals surface area contributed by atoms with Gasteiger partial charge in [0.2, 0.25) is 5.91 Å². The minimum Gasteiger partial charge on any atom is -0.504 e. The molecule has 28 heavy (non-hydrogen) atoms. The number of carbonyl (C=O) groups is 2. The largest absolute Gasteiger partial charge is 0.504 e. The number of aromatic hydroxyl groups is 4. The topological polar surface area (TPSA) is 136 Å². The molecule has 8 nitrogen and oxygen atoms in total. The molecule has 0 atom stereocenters. The van der Waals surface area contributed by atoms with Gasteiger partial charge in [-0.1, -0.05) is 12.1 Å². The average molecular weight is 385 g/mol. The monoisotopic (exact) mass is 385 g/mol. The van der Waals surface area contributed by atoms with Crippen LogP contribution in [0.3, 0.4) is 0 Å². The number of nitrogens with one attached hydrogen (secondary N) is 1. The Balaban J connectivity index is 1.71. The highest BCUT2D eigenvalue weighted by Gasteiger charge is 2.02. The van der Waals surface area contributed by atoms with Crippen LogP contribution in [0.4, 0.5) is 0 Å². The van der Waals surface area contributed by atoms with Gasteiger partial charge in [-0.15, -0.1) is 0 Å². The van der Waals surface area contributed by atoms with E-state index in [-0.39, 0.29) is 36.1 Å². The summed E-state index contributed by atoms with van der Waals surface area (Å²) >= 11 is 0. The lowest BCUT2D eigenvalue weighted by Gasteiger charge is -2.03. The Morgan fingerprint density at radius 2 is 1.36 bits per heavy atom. The van der Waals surface area contributed by atoms with Crippen LogP contribution in [0.15, 0.2) is 48.6 Å². The summed E-state index contributed by atoms with van der Waals surface area (Å²) in [4.78, 5) is 23.3. The molecule has 2 aromatic rings. The van der Waals surface area contributed by atoms with Gasteiger partial charge in [-0.25, -0.2) is 4.79 Å². The third-order valence-electron chi connectivity index (χ3n) is 3.48. The molecule has 0 heterocycles. The molecule has 5 N–H and O–H groups in total. The quantitative estimate of drug-likeness (QED) is 0.212. The molecule has 146 valence electrons. The lowest BCUT2D eigenvalue weighted by atomic mass is 10.2. The molecule has 0 aliphatic carbocycles. The van der Waals surface area contributed by atoms with Crippen molar-refractivity contribution in [2.45, 2.75) is 0 Å². The van der Waals surface area contributed by atoms with Crippen LogP contribution in [0.1, 0.15) is 11.1 Å². The molecular weight excluding hydrogens is 366 g/mol. The first-order valence-corrected chi connectivity index (χ1v) is 8.20. The Kier molecular flexibility index (Phi) is 7.04. The summed E-state index contributed by atoms with van der Waals surface area (Å²) in [6.45, 7) is 0.0627. The van der Waals surface area contributed by atoms with E-state index in [0.717, 1.165) is 6.08 Å². The molecule has 0 spiro atoms. The number of benzene rings is 2. The number of hydrogen-bond acceptors (Lipinski definition) is 7. The molecule has 0 aliphatic rings. The average Bonchev–Trinajstić information content (AvgIpc) is 2.67. The molecule has 0 radical (unpaired) electrons. The predicted octanol–water partition coefficient (Wildman–Crippen LogP) is 1.90. The summed E-state index contributed by atoms with van der Waals surface area (Å²) < 4.78 is 4.92. The third-order valence-corrected chi connectivity index (χ3v) is 3.48. The first-order valence-electron chi connectivity index (χ1n) is 8.20. The highest BCUT2D eigenvalue weighted by atomic mass is 16.5. The van der Waals surface area contributed by atoms with Gasteiger partial charge < -0.3 is 30.5 Å². The summed E-state index contributed by atoms with van der Waals surface area (Å²) in [6.07, 6.45) is 5.27. The van der Waals surface area contributed by atoms with Gasteiger partial charge in [-0.3, -0.25) is 4.79 Å². The minimum atomic E-state index is -0.628. The summed E-state index contributed by atoms with van der Waals surface area (Å²) in [7, 11) is 0. The molecule has 0 fully saturated rings. The van der Waals surface area contributed by atoms with Crippen LogP contribution >= 0.6 is 0 Å². The highest BCUT2D eigenvalue weighted by molar-refractivity contribution is 5.91. The molecule has 0 bridgehead atoms. The summed E-state index contributed by atoms with van der Waals surface area (Å²) in [5.41, 5.74) is 1.04. The molecule has 0 saturated heterocycles. The van der Waals surface area contributed by atoms with Crippen molar-refractivity contribution in [2.24, 2.45) is 0 Å². The van der Waals surface area contributed by atoms with E-state index in [2.05, 4.69) is 5.32 Å². The smallest absolute Gasteiger partial charge is 0.330 e. The van der Waals surface area contributed by atoms with Crippen molar-refractivity contribution in [3.63, 3.8) is 0 Å². The van der Waals surface area contributed by atoms with E-state index in [1.807, 2.05) is 0 Å². The van der Waals surface area contributed by atoms with Gasteiger partial charge in [0.1, 0.15) is 6.61 Å². The van der Waals surface area contributed by atoms with E-state index in [9.17, 15) is 30.0 Å².